The van der Waals surface area contributed by atoms with Gasteiger partial charge in [0.05, 0.1) is 0 Å². The Bertz CT molecular complexity index is 3700. The van der Waals surface area contributed by atoms with Gasteiger partial charge in [-0.1, -0.05) is 320 Å². The lowest BCUT2D eigenvalue weighted by Gasteiger charge is -2.34. The number of unbranched alkanes of at least 4 members (excludes halogenated alkanes) is 1. The number of nitrogens with zero attached hydrogens (tertiary/aromatic N) is 7. The Morgan fingerprint density at radius 2 is 0.518 bits per heavy atom. The van der Waals surface area contributed by atoms with Crippen LogP contribution in [0.2, 0.25) is 0 Å². The molecule has 0 spiro atoms. The van der Waals surface area contributed by atoms with Crippen molar-refractivity contribution in [3.63, 3.8) is 0 Å². The largest absolute Gasteiger partial charge is 0.315 e. The quantitative estimate of drug-likeness (QED) is 0.0184. The van der Waals surface area contributed by atoms with Crippen molar-refractivity contribution in [1.82, 2.24) is 71.5 Å². The highest BCUT2D eigenvalue weighted by Crippen LogP contribution is 2.25. The summed E-state index contributed by atoms with van der Waals surface area (Å²) >= 11 is 14.1. The molecule has 9 rings (SSSR count). The maximum absolute atomic E-state index is 3.61. The van der Waals surface area contributed by atoms with E-state index < -0.39 is 0 Å². The Morgan fingerprint density at radius 1 is 0.262 bits per heavy atom. The van der Waals surface area contributed by atoms with Crippen molar-refractivity contribution in [2.75, 3.05) is 237 Å². The van der Waals surface area contributed by atoms with Gasteiger partial charge < -0.3 is 47.0 Å². The molecule has 0 aliphatic heterocycles. The van der Waals surface area contributed by atoms with Gasteiger partial charge >= 0.3 is 0 Å². The monoisotopic (exact) mass is 2070 g/mol. The lowest BCUT2D eigenvalue weighted by Crippen LogP contribution is -2.44. The van der Waals surface area contributed by atoms with Gasteiger partial charge in [0.25, 0.3) is 0 Å². The van der Waals surface area contributed by atoms with Gasteiger partial charge in [-0.25, -0.2) is 0 Å². The second-order valence-electron chi connectivity index (χ2n) is 38.1. The third-order valence-electron chi connectivity index (χ3n) is 25.9. The summed E-state index contributed by atoms with van der Waals surface area (Å²) in [4.78, 5) is 17.9. The molecule has 141 heavy (non-hydrogen) atoms. The van der Waals surface area contributed by atoms with Crippen LogP contribution in [-0.2, 0) is 40.3 Å². The van der Waals surface area contributed by atoms with Gasteiger partial charge in [0.15, 0.2) is 0 Å². The molecule has 1 atom stereocenters. The second kappa shape index (κ2) is 94.8. The average molecular weight is 2070 g/mol. The van der Waals surface area contributed by atoms with Crippen molar-refractivity contribution in [3.8, 4) is 0 Å². The lowest BCUT2D eigenvalue weighted by atomic mass is 9.94. The Balaban J connectivity index is 0.000000423. The van der Waals surface area contributed by atoms with Crippen LogP contribution in [0.3, 0.4) is 0 Å². The van der Waals surface area contributed by atoms with E-state index in [0.29, 0.717) is 12.1 Å². The van der Waals surface area contributed by atoms with E-state index in [0.717, 1.165) is 190 Å². The SMILES string of the molecule is CCC(C)N(CC)CCNCCSCc1ccccc1.CCCCN(CC)CCNCCSCc1ccccc1.CCCN(CC)CCNCCSCc1ccccc1.CCN(CCNCCSCc1ccccc1)C(C)(C)C.CCN(CCNCCSCc1ccccc1)C(C)C.CCN(CCNCCSCc1ccccc1)C1CCCC1.CCN(CCNCCSCc1ccccc1)C1CCCCC1. The first kappa shape index (κ1) is 132. The van der Waals surface area contributed by atoms with Crippen molar-refractivity contribution >= 4 is 82.3 Å². The van der Waals surface area contributed by atoms with E-state index in [4.69, 9.17) is 0 Å². The van der Waals surface area contributed by atoms with Gasteiger partial charge in [0.2, 0.25) is 0 Å². The highest BCUT2D eigenvalue weighted by atomic mass is 32.2. The summed E-state index contributed by atoms with van der Waals surface area (Å²) in [5.74, 6) is 16.2. The first-order valence-electron chi connectivity index (χ1n) is 55.5. The minimum absolute atomic E-state index is 0.276. The van der Waals surface area contributed by atoms with Crippen molar-refractivity contribution in [3.05, 3.63) is 251 Å². The molecule has 1 unspecified atom stereocenters. The van der Waals surface area contributed by atoms with Crippen LogP contribution >= 0.6 is 82.3 Å². The van der Waals surface area contributed by atoms with E-state index in [1.807, 2.05) is 82.3 Å². The second-order valence-corrected chi connectivity index (χ2v) is 45.8. The standard InChI is InChI=1S/C19H32N2S.C18H30N2S.3C17H30N2S.2C16H28N2S/c1-2-21(19-11-7-4-8-12-19)15-13-20-14-16-22-17-18-9-5-3-6-10-18;1-2-20(18-10-6-7-11-18)14-12-19-13-15-21-16-17-8-4-3-5-9-17;1-5-19(17(2,3)4)13-11-18-12-14-20-15-16-9-7-6-8-10-16;1-4-16(3)19(5-2)13-11-18-12-14-20-15-17-9-7-6-8-10-17;1-3-5-13-19(4-2)14-11-18-12-15-20-16-17-9-7-6-8-10-17;1-4-18(15(2)3)12-10-17-11-13-19-14-16-8-6-5-7-9-16;1-3-12-18(4-2)13-10-17-11-14-19-15-16-8-6-5-7-9-16/h3,5-6,9-10,19-20H,2,4,7-8,11-17H2,1H3;3-5,8-9,18-19H,2,6-7,10-16H2,1H3;6-10,18H,5,11-15H2,1-4H3;6-10,16,18H,4-5,11-15H2,1-3H3;6-10,18H,3-5,11-16H2,1-2H3;5-9,15,17H,4,10-14H2,1-3H3;5-9,17H,3-4,10-15H2,1-2H3. The maximum atomic E-state index is 3.61. The molecule has 0 amide bonds. The third-order valence-corrected chi connectivity index (χ3v) is 33.1. The lowest BCUT2D eigenvalue weighted by molar-refractivity contribution is 0.146. The molecule has 2 aliphatic rings. The summed E-state index contributed by atoms with van der Waals surface area (Å²) in [5, 5.41) is 24.9. The molecule has 14 nitrogen and oxygen atoms in total. The number of thioether (sulfide) groups is 7. The van der Waals surface area contributed by atoms with Gasteiger partial charge in [0, 0.05) is 248 Å². The summed E-state index contributed by atoms with van der Waals surface area (Å²) in [6, 6.07) is 78.1. The molecule has 0 bridgehead atoms. The molecule has 2 saturated carbocycles. The average Bonchev–Trinajstić information content (AvgIpc) is 1.87. The zero-order valence-electron chi connectivity index (χ0n) is 92.3. The number of rotatable bonds is 73. The third kappa shape index (κ3) is 74.1. The fraction of sp³-hybridized carbons (Fsp3) is 0.650. The molecule has 7 aromatic rings. The van der Waals surface area contributed by atoms with Gasteiger partial charge in [0.1, 0.15) is 0 Å². The molecule has 800 valence electrons. The predicted octanol–water partition coefficient (Wildman–Crippen LogP) is 25.3. The Hall–Kier alpha value is -3.57. The molecular formula is C120H208N14S7. The first-order valence-corrected chi connectivity index (χ1v) is 63.6. The Labute approximate surface area is 898 Å². The fourth-order valence-electron chi connectivity index (χ4n) is 17.0. The summed E-state index contributed by atoms with van der Waals surface area (Å²) in [6.45, 7) is 70.7. The number of benzene rings is 7. The van der Waals surface area contributed by atoms with E-state index in [1.54, 1.807) is 0 Å². The van der Waals surface area contributed by atoms with E-state index in [9.17, 15) is 0 Å². The summed E-state index contributed by atoms with van der Waals surface area (Å²) in [6.07, 6.45) is 18.0. The predicted molar refractivity (Wildman–Crippen MR) is 648 cm³/mol. The zero-order chi connectivity index (χ0) is 102. The highest BCUT2D eigenvalue weighted by Gasteiger charge is 2.23. The van der Waals surface area contributed by atoms with Gasteiger partial charge in [-0.3, -0.25) is 24.5 Å². The molecular weight excluding hydrogens is 1860 g/mol. The summed E-state index contributed by atoms with van der Waals surface area (Å²) in [7, 11) is 0. The van der Waals surface area contributed by atoms with E-state index >= 15 is 0 Å². The van der Waals surface area contributed by atoms with Crippen LogP contribution in [0.1, 0.15) is 233 Å². The topological polar surface area (TPSA) is 107 Å². The highest BCUT2D eigenvalue weighted by molar-refractivity contribution is 7.99. The van der Waals surface area contributed by atoms with Crippen LogP contribution < -0.4 is 37.2 Å². The Kier molecular flexibility index (Phi) is 88.5. The molecule has 7 aromatic carbocycles. The maximum Gasteiger partial charge on any atom is 0.0185 e. The van der Waals surface area contributed by atoms with Crippen molar-refractivity contribution < 1.29 is 0 Å². The molecule has 2 aliphatic carbocycles. The van der Waals surface area contributed by atoms with Crippen LogP contribution in [0, 0.1) is 0 Å². The molecule has 0 radical (unpaired) electrons. The normalized spacial score (nSPS) is 13.0. The number of hydrogen-bond donors (Lipinski definition) is 7. The van der Waals surface area contributed by atoms with E-state index in [1.165, 1.54) is 222 Å². The van der Waals surface area contributed by atoms with E-state index in [2.05, 4.69) is 395 Å². The molecule has 2 fully saturated rings. The van der Waals surface area contributed by atoms with Crippen LogP contribution in [0.15, 0.2) is 212 Å². The number of likely N-dealkylation sites (N-methyl/N-ethyl adjacent to an activating group) is 7. The summed E-state index contributed by atoms with van der Waals surface area (Å²) in [5.41, 5.74) is 10.3. The number of hydrogen-bond acceptors (Lipinski definition) is 21. The van der Waals surface area contributed by atoms with Crippen molar-refractivity contribution in [1.29, 1.82) is 0 Å². The van der Waals surface area contributed by atoms with Crippen LogP contribution in [-0.4, -0.2) is 301 Å². The summed E-state index contributed by atoms with van der Waals surface area (Å²) < 4.78 is 0. The van der Waals surface area contributed by atoms with Crippen LogP contribution in [0.4, 0.5) is 0 Å². The van der Waals surface area contributed by atoms with Gasteiger partial charge in [-0.05, 0) is 184 Å². The molecule has 7 N–H and O–H groups in total. The molecule has 0 saturated heterocycles. The van der Waals surface area contributed by atoms with Crippen LogP contribution in [0.25, 0.3) is 0 Å². The molecule has 0 aromatic heterocycles. The van der Waals surface area contributed by atoms with Crippen LogP contribution in [0.5, 0.6) is 0 Å². The Morgan fingerprint density at radius 3 is 0.752 bits per heavy atom. The fourth-order valence-corrected chi connectivity index (χ4v) is 23.0. The van der Waals surface area contributed by atoms with E-state index in [-0.39, 0.29) is 5.54 Å². The molecule has 21 heteroatoms. The van der Waals surface area contributed by atoms with Gasteiger partial charge in [-0.15, -0.1) is 0 Å². The minimum Gasteiger partial charge on any atom is -0.315 e. The minimum atomic E-state index is 0.276. The molecule has 0 heterocycles. The van der Waals surface area contributed by atoms with Gasteiger partial charge in [-0.2, -0.15) is 82.3 Å². The smallest absolute Gasteiger partial charge is 0.0185 e. The number of nitrogens with one attached hydrogen (secondary N) is 7. The van der Waals surface area contributed by atoms with Crippen molar-refractivity contribution in [2.45, 2.75) is 264 Å². The first-order chi connectivity index (χ1) is 69.1. The zero-order valence-corrected chi connectivity index (χ0v) is 98.0. The van der Waals surface area contributed by atoms with Crippen molar-refractivity contribution in [2.24, 2.45) is 0 Å².